The molecule has 0 aliphatic heterocycles. The molecule has 4 heteroatoms. The molecule has 0 fully saturated rings. The molecule has 0 radical (unpaired) electrons. The first-order chi connectivity index (χ1) is 20.4. The number of hydrogen-bond acceptors (Lipinski definition) is 4. The Morgan fingerprint density at radius 2 is 0.810 bits per heavy atom. The number of benzene rings is 4. The van der Waals surface area contributed by atoms with E-state index in [0.29, 0.717) is 33.6 Å². The Hall–Kier alpha value is -4.18. The van der Waals surface area contributed by atoms with Crippen molar-refractivity contribution in [1.82, 2.24) is 0 Å². The van der Waals surface area contributed by atoms with E-state index in [4.69, 9.17) is 0 Å². The van der Waals surface area contributed by atoms with E-state index in [-0.39, 0.29) is 11.6 Å². The van der Waals surface area contributed by atoms with Crippen molar-refractivity contribution in [1.29, 1.82) is 0 Å². The number of anilines is 4. The number of nitrogens with one attached hydrogen (secondary N) is 2. The molecule has 0 heterocycles. The summed E-state index contributed by atoms with van der Waals surface area (Å²) in [6, 6.07) is 20.1. The summed E-state index contributed by atoms with van der Waals surface area (Å²) in [5.41, 5.74) is 12.7. The van der Waals surface area contributed by atoms with Crippen LogP contribution in [0.4, 0.5) is 22.7 Å². The fourth-order valence-corrected chi connectivity index (χ4v) is 6.22. The minimum Gasteiger partial charge on any atom is -0.354 e. The zero-order chi connectivity index (χ0) is 30.0. The van der Waals surface area contributed by atoms with Gasteiger partial charge in [0.1, 0.15) is 0 Å². The number of hydrogen-bond donors (Lipinski definition) is 2. The molecule has 0 unspecified atom stereocenters. The van der Waals surface area contributed by atoms with Gasteiger partial charge in [0.2, 0.25) is 0 Å². The summed E-state index contributed by atoms with van der Waals surface area (Å²) < 4.78 is 0. The minimum absolute atomic E-state index is 0.125. The fourth-order valence-electron chi connectivity index (χ4n) is 6.22. The van der Waals surface area contributed by atoms with Crippen molar-refractivity contribution in [2.45, 2.75) is 80.1 Å². The van der Waals surface area contributed by atoms with Crippen LogP contribution in [-0.2, 0) is 38.5 Å². The summed E-state index contributed by atoms with van der Waals surface area (Å²) in [5.74, 6) is -0.249. The van der Waals surface area contributed by atoms with Crippen LogP contribution in [0.3, 0.4) is 0 Å². The number of rotatable bonds is 10. The highest BCUT2D eigenvalue weighted by molar-refractivity contribution is 6.32. The SMILES string of the molecule is CCc1cc(CC)c(Nc2ccc(Nc3c(CC)cc(CC)cc3CC)c3c2C(=O)c2ccccc2C3=O)c(CC)c1. The maximum atomic E-state index is 14.2. The smallest absolute Gasteiger partial charge is 0.196 e. The lowest BCUT2D eigenvalue weighted by Crippen LogP contribution is -2.24. The van der Waals surface area contributed by atoms with Gasteiger partial charge in [0.15, 0.2) is 11.6 Å². The Morgan fingerprint density at radius 3 is 1.10 bits per heavy atom. The largest absolute Gasteiger partial charge is 0.354 e. The van der Waals surface area contributed by atoms with Gasteiger partial charge in [-0.2, -0.15) is 0 Å². The second kappa shape index (κ2) is 12.4. The summed E-state index contributed by atoms with van der Waals surface area (Å²) in [6.45, 7) is 13.0. The molecule has 0 atom stereocenters. The summed E-state index contributed by atoms with van der Waals surface area (Å²) >= 11 is 0. The molecule has 0 amide bonds. The third kappa shape index (κ3) is 5.15. The summed E-state index contributed by atoms with van der Waals surface area (Å²) in [4.78, 5) is 28.4. The molecule has 1 aliphatic rings. The van der Waals surface area contributed by atoms with Crippen LogP contribution in [0.15, 0.2) is 60.7 Å². The average molecular weight is 559 g/mol. The summed E-state index contributed by atoms with van der Waals surface area (Å²) in [5, 5.41) is 7.31. The standard InChI is InChI=1S/C38H42N2O2/c1-7-23-19-25(9-3)35(26(10-4)20-23)39-31-17-18-32(40-36-27(11-5)21-24(8-2)22-28(36)12-6)34-33(31)37(41)29-15-13-14-16-30(29)38(34)42/h13-22,39-40H,7-12H2,1-6H3. The van der Waals surface area contributed by atoms with Crippen LogP contribution < -0.4 is 10.6 Å². The Kier molecular flexibility index (Phi) is 8.63. The van der Waals surface area contributed by atoms with E-state index in [2.05, 4.69) is 76.4 Å². The molecule has 0 aromatic heterocycles. The van der Waals surface area contributed by atoms with Crippen molar-refractivity contribution in [2.24, 2.45) is 0 Å². The van der Waals surface area contributed by atoms with Gasteiger partial charge in [-0.15, -0.1) is 0 Å². The lowest BCUT2D eigenvalue weighted by Gasteiger charge is -2.26. The Labute approximate surface area is 250 Å². The quantitative estimate of drug-likeness (QED) is 0.179. The molecule has 4 aromatic carbocycles. The van der Waals surface area contributed by atoms with E-state index in [1.807, 2.05) is 24.3 Å². The predicted octanol–water partition coefficient (Wildman–Crippen LogP) is 9.32. The Balaban J connectivity index is 1.72. The summed E-state index contributed by atoms with van der Waals surface area (Å²) in [6.07, 6.45) is 5.42. The maximum Gasteiger partial charge on any atom is 0.196 e. The molecule has 0 saturated heterocycles. The molecule has 5 rings (SSSR count). The number of aryl methyl sites for hydroxylation is 6. The highest BCUT2D eigenvalue weighted by Gasteiger charge is 2.34. The monoisotopic (exact) mass is 558 g/mol. The minimum atomic E-state index is -0.125. The van der Waals surface area contributed by atoms with Gasteiger partial charge in [-0.25, -0.2) is 0 Å². The highest BCUT2D eigenvalue weighted by Crippen LogP contribution is 2.41. The molecule has 0 bridgehead atoms. The van der Waals surface area contributed by atoms with Crippen LogP contribution in [0, 0.1) is 0 Å². The van der Waals surface area contributed by atoms with E-state index in [1.165, 1.54) is 33.4 Å². The molecule has 42 heavy (non-hydrogen) atoms. The number of carbonyl (C=O) groups is 2. The van der Waals surface area contributed by atoms with Gasteiger partial charge in [-0.05, 0) is 84.0 Å². The topological polar surface area (TPSA) is 58.2 Å². The van der Waals surface area contributed by atoms with E-state index in [1.54, 1.807) is 12.1 Å². The van der Waals surface area contributed by atoms with Crippen LogP contribution in [0.2, 0.25) is 0 Å². The van der Waals surface area contributed by atoms with Gasteiger partial charge in [0, 0.05) is 22.5 Å². The van der Waals surface area contributed by atoms with E-state index in [0.717, 1.165) is 49.9 Å². The Morgan fingerprint density at radius 1 is 0.476 bits per heavy atom. The molecule has 4 nitrogen and oxygen atoms in total. The highest BCUT2D eigenvalue weighted by atomic mass is 16.1. The van der Waals surface area contributed by atoms with Crippen molar-refractivity contribution >= 4 is 34.3 Å². The third-order valence-electron chi connectivity index (χ3n) is 8.66. The zero-order valence-electron chi connectivity index (χ0n) is 25.8. The van der Waals surface area contributed by atoms with Crippen molar-refractivity contribution in [3.05, 3.63) is 116 Å². The van der Waals surface area contributed by atoms with E-state index >= 15 is 0 Å². The molecule has 0 saturated carbocycles. The van der Waals surface area contributed by atoms with E-state index in [9.17, 15) is 9.59 Å². The zero-order valence-corrected chi connectivity index (χ0v) is 25.8. The maximum absolute atomic E-state index is 14.2. The van der Waals surface area contributed by atoms with Crippen molar-refractivity contribution < 1.29 is 9.59 Å². The van der Waals surface area contributed by atoms with Crippen LogP contribution in [-0.4, -0.2) is 11.6 Å². The molecular weight excluding hydrogens is 516 g/mol. The molecule has 0 spiro atoms. The second-order valence-corrected chi connectivity index (χ2v) is 11.1. The fraction of sp³-hybridized carbons (Fsp3) is 0.316. The van der Waals surface area contributed by atoms with Crippen LogP contribution in [0.5, 0.6) is 0 Å². The number of ketones is 2. The average Bonchev–Trinajstić information content (AvgIpc) is 3.03. The van der Waals surface area contributed by atoms with Crippen molar-refractivity contribution in [2.75, 3.05) is 10.6 Å². The van der Waals surface area contributed by atoms with Gasteiger partial charge in [-0.3, -0.25) is 9.59 Å². The lowest BCUT2D eigenvalue weighted by atomic mass is 9.82. The summed E-state index contributed by atoms with van der Waals surface area (Å²) in [7, 11) is 0. The Bertz CT molecular complexity index is 1510. The first-order valence-electron chi connectivity index (χ1n) is 15.6. The molecule has 216 valence electrons. The lowest BCUT2D eigenvalue weighted by molar-refractivity contribution is 0.0980. The van der Waals surface area contributed by atoms with Gasteiger partial charge in [-0.1, -0.05) is 90.1 Å². The van der Waals surface area contributed by atoms with Crippen molar-refractivity contribution in [3.63, 3.8) is 0 Å². The van der Waals surface area contributed by atoms with Crippen LogP contribution in [0.1, 0.15) is 107 Å². The van der Waals surface area contributed by atoms with Crippen LogP contribution >= 0.6 is 0 Å². The second-order valence-electron chi connectivity index (χ2n) is 11.1. The third-order valence-corrected chi connectivity index (χ3v) is 8.66. The van der Waals surface area contributed by atoms with E-state index < -0.39 is 0 Å². The normalized spacial score (nSPS) is 12.2. The molecule has 4 aromatic rings. The van der Waals surface area contributed by atoms with Gasteiger partial charge in [0.05, 0.1) is 22.5 Å². The first-order valence-corrected chi connectivity index (χ1v) is 15.6. The van der Waals surface area contributed by atoms with Gasteiger partial charge < -0.3 is 10.6 Å². The molecule has 1 aliphatic carbocycles. The number of fused-ring (bicyclic) bond motifs is 2. The first kappa shape index (κ1) is 29.3. The number of carbonyl (C=O) groups excluding carboxylic acids is 2. The van der Waals surface area contributed by atoms with Gasteiger partial charge >= 0.3 is 0 Å². The molecular formula is C38H42N2O2. The van der Waals surface area contributed by atoms with Crippen LogP contribution in [0.25, 0.3) is 0 Å². The predicted molar refractivity (Wildman–Crippen MR) is 175 cm³/mol. The molecule has 2 N–H and O–H groups in total. The van der Waals surface area contributed by atoms with Gasteiger partial charge in [0.25, 0.3) is 0 Å². The van der Waals surface area contributed by atoms with Crippen molar-refractivity contribution in [3.8, 4) is 0 Å².